The molecule has 0 unspecified atom stereocenters. The maximum absolute atomic E-state index is 12.1. The molecule has 2 amide bonds. The van der Waals surface area contributed by atoms with E-state index in [-0.39, 0.29) is 22.8 Å². The van der Waals surface area contributed by atoms with E-state index in [9.17, 15) is 19.2 Å². The first-order valence-corrected chi connectivity index (χ1v) is 8.80. The number of hydrogen-bond acceptors (Lipinski definition) is 8. The highest BCUT2D eigenvalue weighted by molar-refractivity contribution is 6.06. The van der Waals surface area contributed by atoms with E-state index >= 15 is 0 Å². The standard InChI is InChI=1S/C21H21NO8/c1-13(23)14-8-9-17(18(10-14)28-3)29-12-20(25)30-11-19(24)22-21(26)15-6-4-5-7-16(15)27-2/h4-10H,11-12H2,1-3H3,(H,22,24,26). The van der Waals surface area contributed by atoms with Gasteiger partial charge in [-0.25, -0.2) is 4.79 Å². The molecule has 0 saturated heterocycles. The average Bonchev–Trinajstić information content (AvgIpc) is 2.75. The number of rotatable bonds is 9. The molecule has 2 aromatic carbocycles. The average molecular weight is 415 g/mol. The number of benzene rings is 2. The molecular weight excluding hydrogens is 394 g/mol. The molecule has 0 aromatic heterocycles. The van der Waals surface area contributed by atoms with E-state index in [1.807, 2.05) is 0 Å². The predicted molar refractivity (Wildman–Crippen MR) is 105 cm³/mol. The molecule has 30 heavy (non-hydrogen) atoms. The molecule has 0 fully saturated rings. The number of carbonyl (C=O) groups excluding carboxylic acids is 4. The van der Waals surface area contributed by atoms with E-state index in [0.717, 1.165) is 0 Å². The second-order valence-corrected chi connectivity index (χ2v) is 5.95. The first kappa shape index (κ1) is 22.4. The van der Waals surface area contributed by atoms with Crippen LogP contribution in [-0.4, -0.2) is 51.0 Å². The van der Waals surface area contributed by atoms with E-state index in [4.69, 9.17) is 18.9 Å². The fourth-order valence-corrected chi connectivity index (χ4v) is 2.39. The maximum atomic E-state index is 12.1. The van der Waals surface area contributed by atoms with Gasteiger partial charge in [-0.05, 0) is 37.3 Å². The largest absolute Gasteiger partial charge is 0.496 e. The Hall–Kier alpha value is -3.88. The second kappa shape index (κ2) is 10.6. The minimum Gasteiger partial charge on any atom is -0.496 e. The minimum atomic E-state index is -0.826. The van der Waals surface area contributed by atoms with Gasteiger partial charge in [0.05, 0.1) is 19.8 Å². The molecule has 0 aliphatic carbocycles. The quantitative estimate of drug-likeness (QED) is 0.487. The fourth-order valence-electron chi connectivity index (χ4n) is 2.39. The van der Waals surface area contributed by atoms with Crippen LogP contribution in [0.1, 0.15) is 27.6 Å². The lowest BCUT2D eigenvalue weighted by atomic mass is 10.1. The Morgan fingerprint density at radius 3 is 2.23 bits per heavy atom. The first-order valence-electron chi connectivity index (χ1n) is 8.80. The third-order valence-corrected chi connectivity index (χ3v) is 3.88. The molecule has 9 heteroatoms. The number of hydrogen-bond donors (Lipinski definition) is 1. The molecule has 0 atom stereocenters. The van der Waals surface area contributed by atoms with Gasteiger partial charge in [-0.2, -0.15) is 0 Å². The Morgan fingerprint density at radius 1 is 0.867 bits per heavy atom. The number of nitrogens with one attached hydrogen (secondary N) is 1. The molecular formula is C21H21NO8. The highest BCUT2D eigenvalue weighted by atomic mass is 16.6. The molecule has 0 aliphatic rings. The molecule has 0 bridgehead atoms. The summed E-state index contributed by atoms with van der Waals surface area (Å²) in [6, 6.07) is 10.9. The van der Waals surface area contributed by atoms with Crippen LogP contribution < -0.4 is 19.5 Å². The molecule has 0 heterocycles. The van der Waals surface area contributed by atoms with Gasteiger partial charge in [-0.1, -0.05) is 12.1 Å². The Balaban J connectivity index is 1.84. The fraction of sp³-hybridized carbons (Fsp3) is 0.238. The van der Waals surface area contributed by atoms with Gasteiger partial charge in [0.1, 0.15) is 5.75 Å². The summed E-state index contributed by atoms with van der Waals surface area (Å²) in [6.45, 7) is 0.253. The van der Waals surface area contributed by atoms with Crippen molar-refractivity contribution in [2.45, 2.75) is 6.92 Å². The summed E-state index contributed by atoms with van der Waals surface area (Å²) in [5, 5.41) is 2.11. The Bertz CT molecular complexity index is 954. The number of ether oxygens (including phenoxy) is 4. The van der Waals surface area contributed by atoms with E-state index in [1.54, 1.807) is 18.2 Å². The number of ketones is 1. The molecule has 0 aliphatic heterocycles. The van der Waals surface area contributed by atoms with Gasteiger partial charge in [-0.3, -0.25) is 19.7 Å². The molecule has 158 valence electrons. The number of amides is 2. The van der Waals surface area contributed by atoms with Crippen molar-refractivity contribution < 1.29 is 38.1 Å². The zero-order valence-electron chi connectivity index (χ0n) is 16.7. The van der Waals surface area contributed by atoms with Crippen LogP contribution in [0.5, 0.6) is 17.2 Å². The van der Waals surface area contributed by atoms with Crippen LogP contribution in [0.2, 0.25) is 0 Å². The lowest BCUT2D eigenvalue weighted by Gasteiger charge is -2.11. The number of carbonyl (C=O) groups is 4. The minimum absolute atomic E-state index is 0.145. The van der Waals surface area contributed by atoms with E-state index in [2.05, 4.69) is 5.32 Å². The summed E-state index contributed by atoms with van der Waals surface area (Å²) in [7, 11) is 2.80. The highest BCUT2D eigenvalue weighted by Crippen LogP contribution is 2.28. The predicted octanol–water partition coefficient (Wildman–Crippen LogP) is 1.78. The van der Waals surface area contributed by atoms with Gasteiger partial charge >= 0.3 is 5.97 Å². The molecule has 0 radical (unpaired) electrons. The summed E-state index contributed by atoms with van der Waals surface area (Å²) >= 11 is 0. The van der Waals surface area contributed by atoms with Gasteiger partial charge in [0.15, 0.2) is 30.5 Å². The molecule has 2 aromatic rings. The zero-order valence-corrected chi connectivity index (χ0v) is 16.7. The topological polar surface area (TPSA) is 117 Å². The normalized spacial score (nSPS) is 9.97. The van der Waals surface area contributed by atoms with Crippen molar-refractivity contribution >= 4 is 23.6 Å². The Morgan fingerprint density at radius 2 is 1.57 bits per heavy atom. The van der Waals surface area contributed by atoms with Crippen molar-refractivity contribution in [3.8, 4) is 17.2 Å². The van der Waals surface area contributed by atoms with Crippen LogP contribution in [0.4, 0.5) is 0 Å². The van der Waals surface area contributed by atoms with Crippen LogP contribution in [0, 0.1) is 0 Å². The molecule has 2 rings (SSSR count). The van der Waals surface area contributed by atoms with Gasteiger partial charge in [0.25, 0.3) is 11.8 Å². The lowest BCUT2D eigenvalue weighted by molar-refractivity contribution is -0.150. The van der Waals surface area contributed by atoms with Crippen LogP contribution >= 0.6 is 0 Å². The first-order chi connectivity index (χ1) is 14.3. The van der Waals surface area contributed by atoms with Gasteiger partial charge in [0.2, 0.25) is 0 Å². The summed E-state index contributed by atoms with van der Waals surface area (Å²) in [4.78, 5) is 47.2. The van der Waals surface area contributed by atoms with Crippen molar-refractivity contribution in [2.75, 3.05) is 27.4 Å². The van der Waals surface area contributed by atoms with Crippen molar-refractivity contribution in [1.29, 1.82) is 0 Å². The smallest absolute Gasteiger partial charge is 0.344 e. The summed E-state index contributed by atoms with van der Waals surface area (Å²) in [5.74, 6) is -1.65. The van der Waals surface area contributed by atoms with Crippen LogP contribution in [-0.2, 0) is 14.3 Å². The van der Waals surface area contributed by atoms with E-state index in [1.165, 1.54) is 45.4 Å². The third kappa shape index (κ3) is 6.06. The molecule has 0 spiro atoms. The maximum Gasteiger partial charge on any atom is 0.344 e. The summed E-state index contributed by atoms with van der Waals surface area (Å²) < 4.78 is 20.3. The molecule has 9 nitrogen and oxygen atoms in total. The lowest BCUT2D eigenvalue weighted by Crippen LogP contribution is -2.34. The van der Waals surface area contributed by atoms with Crippen LogP contribution in [0.15, 0.2) is 42.5 Å². The number of esters is 1. The molecule has 0 saturated carbocycles. The van der Waals surface area contributed by atoms with Crippen LogP contribution in [0.3, 0.4) is 0 Å². The highest BCUT2D eigenvalue weighted by Gasteiger charge is 2.16. The van der Waals surface area contributed by atoms with Crippen molar-refractivity contribution in [1.82, 2.24) is 5.32 Å². The van der Waals surface area contributed by atoms with E-state index < -0.39 is 31.0 Å². The summed E-state index contributed by atoms with van der Waals surface area (Å²) in [5.41, 5.74) is 0.599. The van der Waals surface area contributed by atoms with Gasteiger partial charge in [-0.15, -0.1) is 0 Å². The number of Topliss-reactive ketones (excluding diaryl/α,β-unsaturated/α-hetero) is 1. The molecule has 1 N–H and O–H groups in total. The number of imide groups is 1. The van der Waals surface area contributed by atoms with Gasteiger partial charge < -0.3 is 18.9 Å². The third-order valence-electron chi connectivity index (χ3n) is 3.88. The van der Waals surface area contributed by atoms with Crippen molar-refractivity contribution in [2.24, 2.45) is 0 Å². The van der Waals surface area contributed by atoms with Crippen molar-refractivity contribution in [3.63, 3.8) is 0 Å². The number of para-hydroxylation sites is 1. The summed E-state index contributed by atoms with van der Waals surface area (Å²) in [6.07, 6.45) is 0. The monoisotopic (exact) mass is 415 g/mol. The van der Waals surface area contributed by atoms with Crippen molar-refractivity contribution in [3.05, 3.63) is 53.6 Å². The zero-order chi connectivity index (χ0) is 22.1. The van der Waals surface area contributed by atoms with Crippen LogP contribution in [0.25, 0.3) is 0 Å². The number of methoxy groups -OCH3 is 2. The Labute approximate surface area is 172 Å². The second-order valence-electron chi connectivity index (χ2n) is 5.95. The van der Waals surface area contributed by atoms with Gasteiger partial charge in [0, 0.05) is 5.56 Å². The Kier molecular flexibility index (Phi) is 7.92. The van der Waals surface area contributed by atoms with E-state index in [0.29, 0.717) is 11.3 Å². The SMILES string of the molecule is COc1cc(C(C)=O)ccc1OCC(=O)OCC(=O)NC(=O)c1ccccc1OC.